The highest BCUT2D eigenvalue weighted by Gasteiger charge is 2.52. The van der Waals surface area contributed by atoms with Crippen LogP contribution in [0.2, 0.25) is 0 Å². The Hall–Kier alpha value is -3.42. The molecule has 0 saturated heterocycles. The second kappa shape index (κ2) is 7.32. The maximum Gasteiger partial charge on any atom is 0.416 e. The van der Waals surface area contributed by atoms with Crippen LogP contribution in [-0.2, 0) is 16.4 Å². The number of alkyl halides is 3. The van der Waals surface area contributed by atoms with Gasteiger partial charge < -0.3 is 10.6 Å². The summed E-state index contributed by atoms with van der Waals surface area (Å²) in [5, 5.41) is 14.7. The average Bonchev–Trinajstić information content (AvgIpc) is 3.26. The van der Waals surface area contributed by atoms with Gasteiger partial charge in [-0.25, -0.2) is 0 Å². The number of nitrogens with one attached hydrogen (secondary N) is 2. The van der Waals surface area contributed by atoms with Crippen LogP contribution in [0.15, 0.2) is 87.9 Å². The second-order valence-electron chi connectivity index (χ2n) is 8.19. The molecule has 0 aromatic heterocycles. The van der Waals surface area contributed by atoms with Gasteiger partial charge in [0, 0.05) is 17.7 Å². The van der Waals surface area contributed by atoms with E-state index in [1.54, 1.807) is 12.3 Å². The molecular formula is C24H21F3N4O. The van der Waals surface area contributed by atoms with Gasteiger partial charge >= 0.3 is 6.18 Å². The molecular weight excluding hydrogens is 417 g/mol. The fraction of sp³-hybridized carbons (Fsp3) is 0.292. The van der Waals surface area contributed by atoms with Gasteiger partial charge in [-0.3, -0.25) is 4.79 Å². The number of carbonyl (C=O) groups is 1. The summed E-state index contributed by atoms with van der Waals surface area (Å²) in [5.41, 5.74) is 1.41. The molecule has 32 heavy (non-hydrogen) atoms. The first-order chi connectivity index (χ1) is 15.3. The van der Waals surface area contributed by atoms with Crippen LogP contribution in [0.5, 0.6) is 0 Å². The van der Waals surface area contributed by atoms with Crippen LogP contribution < -0.4 is 10.6 Å². The lowest BCUT2D eigenvalue weighted by molar-refractivity contribution is -0.137. The lowest BCUT2D eigenvalue weighted by Gasteiger charge is -2.46. The summed E-state index contributed by atoms with van der Waals surface area (Å²) in [6.45, 7) is 1.88. The number of amides is 1. The average molecular weight is 438 g/mol. The highest BCUT2D eigenvalue weighted by Crippen LogP contribution is 2.52. The first-order valence-electron chi connectivity index (χ1n) is 10.5. The van der Waals surface area contributed by atoms with Crippen LogP contribution in [0.3, 0.4) is 0 Å². The number of azo groups is 1. The van der Waals surface area contributed by atoms with Gasteiger partial charge in [0.05, 0.1) is 28.8 Å². The van der Waals surface area contributed by atoms with Crippen molar-refractivity contribution in [1.82, 2.24) is 10.6 Å². The predicted molar refractivity (Wildman–Crippen MR) is 112 cm³/mol. The zero-order valence-corrected chi connectivity index (χ0v) is 17.3. The third kappa shape index (κ3) is 3.04. The Morgan fingerprint density at radius 1 is 1.09 bits per heavy atom. The minimum absolute atomic E-state index is 0.241. The van der Waals surface area contributed by atoms with Crippen molar-refractivity contribution in [3.63, 3.8) is 0 Å². The molecule has 0 radical (unpaired) electrons. The Morgan fingerprint density at radius 3 is 2.59 bits per heavy atom. The van der Waals surface area contributed by atoms with E-state index in [4.69, 9.17) is 0 Å². The number of carbonyl (C=O) groups excluding carboxylic acids is 1. The summed E-state index contributed by atoms with van der Waals surface area (Å²) >= 11 is 0. The van der Waals surface area contributed by atoms with Gasteiger partial charge in [0.1, 0.15) is 0 Å². The van der Waals surface area contributed by atoms with Crippen LogP contribution in [-0.4, -0.2) is 12.1 Å². The van der Waals surface area contributed by atoms with Crippen LogP contribution >= 0.6 is 0 Å². The van der Waals surface area contributed by atoms with Crippen molar-refractivity contribution in [2.75, 3.05) is 0 Å². The first-order valence-corrected chi connectivity index (χ1v) is 10.5. The van der Waals surface area contributed by atoms with Crippen LogP contribution in [0.25, 0.3) is 0 Å². The fourth-order valence-corrected chi connectivity index (χ4v) is 5.11. The van der Waals surface area contributed by atoms with Gasteiger partial charge in [0.2, 0.25) is 0 Å². The monoisotopic (exact) mass is 438 g/mol. The van der Waals surface area contributed by atoms with E-state index in [2.05, 4.69) is 20.9 Å². The molecule has 1 amide bonds. The summed E-state index contributed by atoms with van der Waals surface area (Å²) < 4.78 is 40.6. The molecule has 0 saturated carbocycles. The Morgan fingerprint density at radius 2 is 1.88 bits per heavy atom. The third-order valence-corrected chi connectivity index (χ3v) is 6.56. The third-order valence-electron chi connectivity index (χ3n) is 6.56. The van der Waals surface area contributed by atoms with E-state index >= 15 is 0 Å². The SMILES string of the molecule is CCC1(c2cccc(C(F)(F)F)c2)C2=CN=NC2NC2=C1C(=O)NC(c1ccccc1)C2. The molecule has 3 unspecified atom stereocenters. The van der Waals surface area contributed by atoms with Crippen molar-refractivity contribution < 1.29 is 18.0 Å². The van der Waals surface area contributed by atoms with Crippen molar-refractivity contribution in [1.29, 1.82) is 0 Å². The summed E-state index contributed by atoms with van der Waals surface area (Å²) in [4.78, 5) is 13.5. The molecule has 5 rings (SSSR count). The molecule has 3 aliphatic heterocycles. The van der Waals surface area contributed by atoms with Gasteiger partial charge in [-0.2, -0.15) is 23.4 Å². The normalized spacial score (nSPS) is 26.8. The van der Waals surface area contributed by atoms with Crippen molar-refractivity contribution >= 4 is 5.91 Å². The highest BCUT2D eigenvalue weighted by molar-refractivity contribution is 5.99. The van der Waals surface area contributed by atoms with E-state index < -0.39 is 23.3 Å². The van der Waals surface area contributed by atoms with E-state index in [1.807, 2.05) is 37.3 Å². The van der Waals surface area contributed by atoms with Crippen molar-refractivity contribution in [3.8, 4) is 0 Å². The Balaban J connectivity index is 1.69. The number of hydrogen-bond acceptors (Lipinski definition) is 4. The van der Waals surface area contributed by atoms with Gasteiger partial charge in [-0.15, -0.1) is 0 Å². The Kier molecular flexibility index (Phi) is 4.69. The topological polar surface area (TPSA) is 65.8 Å². The standard InChI is InChI=1S/C24H21F3N4O/c1-2-23(15-9-6-10-16(11-15)24(25,26)27)17-13-28-31-21(17)29-19-12-18(30-22(32)20(19)23)14-7-4-3-5-8-14/h3-11,13,18,21,29H,2,12H2,1H3,(H,30,32). The molecule has 0 spiro atoms. The van der Waals surface area contributed by atoms with E-state index in [9.17, 15) is 18.0 Å². The summed E-state index contributed by atoms with van der Waals surface area (Å²) in [5.74, 6) is -0.293. The number of hydrogen-bond donors (Lipinski definition) is 2. The summed E-state index contributed by atoms with van der Waals surface area (Å²) in [6.07, 6.45) is -2.54. The molecule has 5 nitrogen and oxygen atoms in total. The second-order valence-corrected chi connectivity index (χ2v) is 8.19. The van der Waals surface area contributed by atoms with E-state index in [0.29, 0.717) is 35.2 Å². The van der Waals surface area contributed by atoms with Crippen molar-refractivity contribution in [2.24, 2.45) is 10.2 Å². The molecule has 2 aromatic rings. The molecule has 8 heteroatoms. The first kappa shape index (κ1) is 20.5. The van der Waals surface area contributed by atoms with Gasteiger partial charge in [-0.1, -0.05) is 55.5 Å². The quantitative estimate of drug-likeness (QED) is 0.696. The molecule has 0 bridgehead atoms. The molecule has 2 N–H and O–H groups in total. The maximum atomic E-state index is 13.5. The van der Waals surface area contributed by atoms with Gasteiger partial charge in [-0.05, 0) is 23.6 Å². The Bertz CT molecular complexity index is 1170. The predicted octanol–water partition coefficient (Wildman–Crippen LogP) is 5.15. The van der Waals surface area contributed by atoms with Crippen LogP contribution in [0.1, 0.15) is 42.5 Å². The van der Waals surface area contributed by atoms with E-state index in [-0.39, 0.29) is 11.9 Å². The summed E-state index contributed by atoms with van der Waals surface area (Å²) in [7, 11) is 0. The minimum atomic E-state index is -4.49. The molecule has 2 aromatic carbocycles. The zero-order valence-electron chi connectivity index (χ0n) is 17.3. The van der Waals surface area contributed by atoms with Gasteiger partial charge in [0.15, 0.2) is 6.17 Å². The van der Waals surface area contributed by atoms with Crippen LogP contribution in [0.4, 0.5) is 13.2 Å². The smallest absolute Gasteiger partial charge is 0.362 e. The number of nitrogens with zero attached hydrogens (tertiary/aromatic N) is 2. The Labute approximate surface area is 183 Å². The van der Waals surface area contributed by atoms with Crippen molar-refractivity contribution in [2.45, 2.75) is 43.6 Å². The van der Waals surface area contributed by atoms with E-state index in [0.717, 1.165) is 17.7 Å². The number of halogens is 3. The number of rotatable bonds is 3. The van der Waals surface area contributed by atoms with Crippen molar-refractivity contribution in [3.05, 3.63) is 94.3 Å². The molecule has 3 atom stereocenters. The summed E-state index contributed by atoms with van der Waals surface area (Å²) in [6, 6.07) is 14.6. The number of fused-ring (bicyclic) bond motifs is 1. The zero-order chi connectivity index (χ0) is 22.5. The van der Waals surface area contributed by atoms with Crippen LogP contribution in [0, 0.1) is 0 Å². The fourth-order valence-electron chi connectivity index (χ4n) is 5.11. The molecule has 3 aliphatic rings. The highest BCUT2D eigenvalue weighted by atomic mass is 19.4. The molecule has 0 fully saturated rings. The molecule has 0 aliphatic carbocycles. The number of benzene rings is 2. The lowest BCUT2D eigenvalue weighted by atomic mass is 9.62. The molecule has 3 heterocycles. The van der Waals surface area contributed by atoms with Gasteiger partial charge in [0.25, 0.3) is 5.91 Å². The van der Waals surface area contributed by atoms with E-state index in [1.165, 1.54) is 6.07 Å². The maximum absolute atomic E-state index is 13.5. The molecule has 164 valence electrons. The lowest BCUT2D eigenvalue weighted by Crippen LogP contribution is -2.53. The largest absolute Gasteiger partial charge is 0.416 e. The minimum Gasteiger partial charge on any atom is -0.362 e.